The molecule has 0 aliphatic carbocycles. The first-order chi connectivity index (χ1) is 15.2. The third kappa shape index (κ3) is 4.75. The van der Waals surface area contributed by atoms with Gasteiger partial charge in [0.1, 0.15) is 23.4 Å². The predicted molar refractivity (Wildman–Crippen MR) is 116 cm³/mol. The zero-order valence-corrected chi connectivity index (χ0v) is 17.6. The zero-order valence-electron chi connectivity index (χ0n) is 17.6. The van der Waals surface area contributed by atoms with Gasteiger partial charge < -0.3 is 20.1 Å². The van der Waals surface area contributed by atoms with Crippen LogP contribution in [0.1, 0.15) is 24.1 Å². The molecule has 0 bridgehead atoms. The van der Waals surface area contributed by atoms with Gasteiger partial charge in [-0.05, 0) is 37.9 Å². The highest BCUT2D eigenvalue weighted by molar-refractivity contribution is 5.77. The number of nitriles is 1. The number of aryl methyl sites for hydroxylation is 1. The Hall–Kier alpha value is -3.64. The number of piperidine rings is 1. The first kappa shape index (κ1) is 20.6. The van der Waals surface area contributed by atoms with Crippen molar-refractivity contribution in [1.82, 2.24) is 25.5 Å². The van der Waals surface area contributed by atoms with Crippen LogP contribution in [-0.2, 0) is 0 Å². The van der Waals surface area contributed by atoms with Crippen molar-refractivity contribution < 1.29 is 9.47 Å². The van der Waals surface area contributed by atoms with Gasteiger partial charge in [0.05, 0.1) is 37.4 Å². The summed E-state index contributed by atoms with van der Waals surface area (Å²) in [6, 6.07) is 7.79. The van der Waals surface area contributed by atoms with Crippen molar-refractivity contribution in [1.29, 1.82) is 5.26 Å². The number of methoxy groups -OCH3 is 1. The summed E-state index contributed by atoms with van der Waals surface area (Å²) in [6.07, 6.45) is 5.24. The summed E-state index contributed by atoms with van der Waals surface area (Å²) in [5.74, 6) is 3.05. The molecule has 4 rings (SSSR count). The third-order valence-electron chi connectivity index (χ3n) is 5.26. The number of anilines is 2. The van der Waals surface area contributed by atoms with Crippen LogP contribution in [0.4, 0.5) is 11.6 Å². The van der Waals surface area contributed by atoms with Crippen molar-refractivity contribution in [2.45, 2.75) is 19.8 Å². The molecular weight excluding hydrogens is 394 g/mol. The van der Waals surface area contributed by atoms with E-state index in [2.05, 4.69) is 30.8 Å². The molecule has 3 heterocycles. The van der Waals surface area contributed by atoms with Gasteiger partial charge in [-0.15, -0.1) is 0 Å². The maximum Gasteiger partial charge on any atom is 0.158 e. The zero-order chi connectivity index (χ0) is 21.6. The van der Waals surface area contributed by atoms with Crippen molar-refractivity contribution in [3.05, 3.63) is 41.9 Å². The molecule has 31 heavy (non-hydrogen) atoms. The number of rotatable bonds is 7. The molecule has 0 spiro atoms. The Morgan fingerprint density at radius 1 is 1.26 bits per heavy atom. The van der Waals surface area contributed by atoms with Gasteiger partial charge in [0.2, 0.25) is 0 Å². The van der Waals surface area contributed by atoms with E-state index in [1.54, 1.807) is 7.11 Å². The summed E-state index contributed by atoms with van der Waals surface area (Å²) >= 11 is 0. The molecule has 1 atom stereocenters. The van der Waals surface area contributed by atoms with Crippen molar-refractivity contribution in [2.24, 2.45) is 5.92 Å². The van der Waals surface area contributed by atoms with Crippen molar-refractivity contribution in [2.75, 3.05) is 32.1 Å². The fourth-order valence-electron chi connectivity index (χ4n) is 3.68. The highest BCUT2D eigenvalue weighted by Gasteiger charge is 2.20. The first-order valence-electron chi connectivity index (χ1n) is 10.2. The van der Waals surface area contributed by atoms with Crippen LogP contribution < -0.4 is 20.1 Å². The fourth-order valence-corrected chi connectivity index (χ4v) is 3.68. The van der Waals surface area contributed by atoms with Gasteiger partial charge in [-0.25, -0.2) is 9.97 Å². The highest BCUT2D eigenvalue weighted by Crippen LogP contribution is 2.40. The maximum atomic E-state index is 8.85. The van der Waals surface area contributed by atoms with E-state index >= 15 is 0 Å². The second kappa shape index (κ2) is 9.45. The van der Waals surface area contributed by atoms with Crippen LogP contribution in [0, 0.1) is 24.2 Å². The SMILES string of the molecule is COc1c(C)ccc(OCC2CCCNC2)c1-c1cc(Nc2cnc(C#N)cn2)n[nH]1. The van der Waals surface area contributed by atoms with Crippen LogP contribution in [0.15, 0.2) is 30.6 Å². The molecule has 3 N–H and O–H groups in total. The standard InChI is InChI=1S/C22H25N7O2/c1-14-5-6-18(31-13-15-4-3-7-24-10-15)21(22(14)30-2)17-8-19(29-28-17)27-20-12-25-16(9-23)11-26-20/h5-6,8,11-12,15,24H,3-4,7,10,13H2,1-2H3,(H2,26,27,28,29). The Kier molecular flexibility index (Phi) is 6.29. The van der Waals surface area contributed by atoms with Gasteiger partial charge in [0.25, 0.3) is 0 Å². The summed E-state index contributed by atoms with van der Waals surface area (Å²) in [5, 5.41) is 22.8. The quantitative estimate of drug-likeness (QED) is 0.534. The Balaban J connectivity index is 1.58. The molecule has 9 heteroatoms. The van der Waals surface area contributed by atoms with Crippen LogP contribution in [0.3, 0.4) is 0 Å². The Bertz CT molecular complexity index is 1070. The lowest BCUT2D eigenvalue weighted by Gasteiger charge is -2.24. The van der Waals surface area contributed by atoms with E-state index < -0.39 is 0 Å². The molecule has 1 fully saturated rings. The van der Waals surface area contributed by atoms with E-state index in [0.29, 0.717) is 24.2 Å². The average molecular weight is 419 g/mol. The number of aromatic nitrogens is 4. The normalized spacial score (nSPS) is 15.8. The Labute approximate surface area is 180 Å². The fraction of sp³-hybridized carbons (Fsp3) is 0.364. The summed E-state index contributed by atoms with van der Waals surface area (Å²) in [6.45, 7) is 4.70. The molecule has 2 aromatic heterocycles. The van der Waals surface area contributed by atoms with Crippen molar-refractivity contribution in [3.63, 3.8) is 0 Å². The molecular formula is C22H25N7O2. The summed E-state index contributed by atoms with van der Waals surface area (Å²) in [5.41, 5.74) is 2.86. The van der Waals surface area contributed by atoms with E-state index in [-0.39, 0.29) is 5.69 Å². The van der Waals surface area contributed by atoms with Gasteiger partial charge in [-0.3, -0.25) is 5.10 Å². The summed E-state index contributed by atoms with van der Waals surface area (Å²) in [4.78, 5) is 8.18. The maximum absolute atomic E-state index is 8.85. The van der Waals surface area contributed by atoms with Crippen LogP contribution in [0.5, 0.6) is 11.5 Å². The number of H-pyrrole nitrogens is 1. The number of hydrogen-bond acceptors (Lipinski definition) is 8. The number of nitrogens with zero attached hydrogens (tertiary/aromatic N) is 4. The monoisotopic (exact) mass is 419 g/mol. The van der Waals surface area contributed by atoms with Crippen LogP contribution >= 0.6 is 0 Å². The molecule has 1 unspecified atom stereocenters. The minimum atomic E-state index is 0.257. The third-order valence-corrected chi connectivity index (χ3v) is 5.26. The lowest BCUT2D eigenvalue weighted by atomic mass is 10.0. The van der Waals surface area contributed by atoms with Gasteiger partial charge in [0, 0.05) is 18.5 Å². The molecule has 1 aliphatic rings. The van der Waals surface area contributed by atoms with E-state index in [4.69, 9.17) is 14.7 Å². The summed E-state index contributed by atoms with van der Waals surface area (Å²) < 4.78 is 11.9. The number of hydrogen-bond donors (Lipinski definition) is 3. The van der Waals surface area contributed by atoms with Gasteiger partial charge in [0.15, 0.2) is 11.5 Å². The average Bonchev–Trinajstić information content (AvgIpc) is 3.27. The smallest absolute Gasteiger partial charge is 0.158 e. The Morgan fingerprint density at radius 2 is 2.16 bits per heavy atom. The van der Waals surface area contributed by atoms with E-state index in [9.17, 15) is 0 Å². The van der Waals surface area contributed by atoms with Gasteiger partial charge in [-0.1, -0.05) is 6.07 Å². The minimum absolute atomic E-state index is 0.257. The molecule has 0 amide bonds. The molecule has 9 nitrogen and oxygen atoms in total. The molecule has 0 radical (unpaired) electrons. The molecule has 3 aromatic rings. The number of nitrogens with one attached hydrogen (secondary N) is 3. The second-order valence-electron chi connectivity index (χ2n) is 7.50. The lowest BCUT2D eigenvalue weighted by Crippen LogP contribution is -2.33. The van der Waals surface area contributed by atoms with Gasteiger partial charge >= 0.3 is 0 Å². The molecule has 1 aromatic carbocycles. The van der Waals surface area contributed by atoms with E-state index in [1.165, 1.54) is 18.8 Å². The Morgan fingerprint density at radius 3 is 2.87 bits per heavy atom. The molecule has 1 aliphatic heterocycles. The van der Waals surface area contributed by atoms with Gasteiger partial charge in [-0.2, -0.15) is 10.4 Å². The topological polar surface area (TPSA) is 121 Å². The summed E-state index contributed by atoms with van der Waals surface area (Å²) in [7, 11) is 1.66. The lowest BCUT2D eigenvalue weighted by molar-refractivity contribution is 0.218. The van der Waals surface area contributed by atoms with Crippen molar-refractivity contribution >= 4 is 11.6 Å². The largest absolute Gasteiger partial charge is 0.496 e. The highest BCUT2D eigenvalue weighted by atomic mass is 16.5. The first-order valence-corrected chi connectivity index (χ1v) is 10.2. The predicted octanol–water partition coefficient (Wildman–Crippen LogP) is 3.18. The number of aromatic amines is 1. The van der Waals surface area contributed by atoms with Crippen LogP contribution in [0.2, 0.25) is 0 Å². The van der Waals surface area contributed by atoms with Crippen LogP contribution in [0.25, 0.3) is 11.3 Å². The molecule has 0 saturated carbocycles. The second-order valence-corrected chi connectivity index (χ2v) is 7.50. The van der Waals surface area contributed by atoms with E-state index in [0.717, 1.165) is 47.8 Å². The van der Waals surface area contributed by atoms with Crippen LogP contribution in [-0.4, -0.2) is 47.0 Å². The number of ether oxygens (including phenoxy) is 2. The molecule has 1 saturated heterocycles. The molecule has 160 valence electrons. The minimum Gasteiger partial charge on any atom is -0.496 e. The number of benzene rings is 1. The van der Waals surface area contributed by atoms with Crippen molar-refractivity contribution in [3.8, 4) is 28.8 Å². The van der Waals surface area contributed by atoms with E-state index in [1.807, 2.05) is 31.2 Å².